The van der Waals surface area contributed by atoms with Crippen LogP contribution in [0.3, 0.4) is 0 Å². The normalized spacial score (nSPS) is 18.0. The topological polar surface area (TPSA) is 84.3 Å². The number of rotatable bonds is 5. The summed E-state index contributed by atoms with van der Waals surface area (Å²) in [4.78, 5) is 39.3. The number of carbonyl (C=O) groups excluding carboxylic acids is 2. The number of nitrogens with zero attached hydrogens (tertiary/aromatic N) is 3. The van der Waals surface area contributed by atoms with Crippen molar-refractivity contribution < 1.29 is 9.59 Å². The molecule has 7 heteroatoms. The van der Waals surface area contributed by atoms with E-state index < -0.39 is 0 Å². The third-order valence-electron chi connectivity index (χ3n) is 6.39. The zero-order valence-corrected chi connectivity index (χ0v) is 17.8. The van der Waals surface area contributed by atoms with Gasteiger partial charge in [0.05, 0.1) is 5.69 Å². The molecule has 1 saturated heterocycles. The lowest BCUT2D eigenvalue weighted by Gasteiger charge is -2.33. The van der Waals surface area contributed by atoms with Crippen molar-refractivity contribution in [1.82, 2.24) is 20.0 Å². The van der Waals surface area contributed by atoms with E-state index in [4.69, 9.17) is 0 Å². The lowest BCUT2D eigenvalue weighted by atomic mass is 9.88. The van der Waals surface area contributed by atoms with E-state index in [1.165, 1.54) is 17.2 Å². The maximum absolute atomic E-state index is 12.8. The molecule has 4 rings (SSSR count). The Morgan fingerprint density at radius 3 is 2.35 bits per heavy atom. The molecule has 31 heavy (non-hydrogen) atoms. The summed E-state index contributed by atoms with van der Waals surface area (Å²) in [7, 11) is 0. The van der Waals surface area contributed by atoms with E-state index in [0.717, 1.165) is 44.1 Å². The van der Waals surface area contributed by atoms with Gasteiger partial charge in [0, 0.05) is 36.7 Å². The van der Waals surface area contributed by atoms with Crippen molar-refractivity contribution in [1.29, 1.82) is 0 Å². The number of nitrogens with one attached hydrogen (secondary N) is 1. The van der Waals surface area contributed by atoms with Gasteiger partial charge in [0.1, 0.15) is 6.54 Å². The Kier molecular flexibility index (Phi) is 6.79. The predicted molar refractivity (Wildman–Crippen MR) is 118 cm³/mol. The van der Waals surface area contributed by atoms with Crippen LogP contribution in [0.2, 0.25) is 0 Å². The van der Waals surface area contributed by atoms with Crippen LogP contribution in [0, 0.1) is 5.92 Å². The first-order valence-corrected chi connectivity index (χ1v) is 11.3. The Labute approximate surface area is 182 Å². The van der Waals surface area contributed by atoms with Crippen LogP contribution in [0.1, 0.15) is 44.9 Å². The summed E-state index contributed by atoms with van der Waals surface area (Å²) in [6.07, 6.45) is 7.00. The number of hydrogen-bond acceptors (Lipinski definition) is 4. The van der Waals surface area contributed by atoms with Crippen LogP contribution in [-0.4, -0.2) is 45.6 Å². The highest BCUT2D eigenvalue weighted by Crippen LogP contribution is 2.24. The average Bonchev–Trinajstić information content (AvgIpc) is 2.82. The molecule has 0 bridgehead atoms. The van der Waals surface area contributed by atoms with E-state index in [1.54, 1.807) is 11.0 Å². The molecule has 1 aromatic heterocycles. The maximum atomic E-state index is 12.8. The fourth-order valence-corrected chi connectivity index (χ4v) is 4.51. The van der Waals surface area contributed by atoms with Crippen molar-refractivity contribution in [3.05, 3.63) is 52.8 Å². The molecule has 2 aliphatic rings. The molecule has 0 unspecified atom stereocenters. The highest BCUT2D eigenvalue weighted by Gasteiger charge is 2.27. The number of aromatic nitrogens is 2. The fraction of sp³-hybridized carbons (Fsp3) is 0.500. The highest BCUT2D eigenvalue weighted by molar-refractivity contribution is 5.79. The summed E-state index contributed by atoms with van der Waals surface area (Å²) >= 11 is 0. The minimum absolute atomic E-state index is 0.0708. The van der Waals surface area contributed by atoms with E-state index >= 15 is 0 Å². The molecule has 1 saturated carbocycles. The van der Waals surface area contributed by atoms with Crippen molar-refractivity contribution in [3.63, 3.8) is 0 Å². The molecule has 1 N–H and O–H groups in total. The van der Waals surface area contributed by atoms with Gasteiger partial charge in [-0.2, -0.15) is 5.10 Å². The van der Waals surface area contributed by atoms with E-state index in [9.17, 15) is 14.4 Å². The molecule has 0 atom stereocenters. The molecule has 0 spiro atoms. The van der Waals surface area contributed by atoms with Gasteiger partial charge in [0.15, 0.2) is 0 Å². The first-order valence-electron chi connectivity index (χ1n) is 11.3. The van der Waals surface area contributed by atoms with Gasteiger partial charge in [-0.05, 0) is 31.7 Å². The minimum atomic E-state index is -0.289. The summed E-state index contributed by atoms with van der Waals surface area (Å²) in [5, 5.41) is 7.57. The second kappa shape index (κ2) is 9.90. The number of carbonyl (C=O) groups is 2. The van der Waals surface area contributed by atoms with Crippen LogP contribution < -0.4 is 10.9 Å². The Morgan fingerprint density at radius 1 is 0.935 bits per heavy atom. The molecular formula is C24H30N4O3. The number of amides is 2. The molecule has 2 aromatic rings. The van der Waals surface area contributed by atoms with Gasteiger partial charge in [0.25, 0.3) is 5.56 Å². The van der Waals surface area contributed by atoms with Crippen molar-refractivity contribution in [2.75, 3.05) is 13.1 Å². The summed E-state index contributed by atoms with van der Waals surface area (Å²) in [5.74, 6) is 0.220. The molecule has 1 aliphatic carbocycles. The van der Waals surface area contributed by atoms with Crippen molar-refractivity contribution in [2.24, 2.45) is 5.92 Å². The summed E-state index contributed by atoms with van der Waals surface area (Å²) in [5.41, 5.74) is 1.28. The van der Waals surface area contributed by atoms with E-state index in [1.807, 2.05) is 30.3 Å². The molecule has 2 fully saturated rings. The molecule has 0 radical (unpaired) electrons. The van der Waals surface area contributed by atoms with Crippen molar-refractivity contribution in [3.8, 4) is 11.3 Å². The van der Waals surface area contributed by atoms with Crippen LogP contribution in [0.25, 0.3) is 11.3 Å². The minimum Gasteiger partial charge on any atom is -0.353 e. The van der Waals surface area contributed by atoms with Gasteiger partial charge in [-0.25, -0.2) is 4.68 Å². The summed E-state index contributed by atoms with van der Waals surface area (Å²) in [6.45, 7) is 1.10. The number of benzene rings is 1. The van der Waals surface area contributed by atoms with Gasteiger partial charge in [0.2, 0.25) is 11.8 Å². The molecular weight excluding hydrogens is 392 g/mol. The van der Waals surface area contributed by atoms with Crippen molar-refractivity contribution in [2.45, 2.75) is 57.5 Å². The molecule has 164 valence electrons. The summed E-state index contributed by atoms with van der Waals surface area (Å²) < 4.78 is 1.24. The monoisotopic (exact) mass is 422 g/mol. The molecule has 2 heterocycles. The van der Waals surface area contributed by atoms with Crippen LogP contribution in [0.4, 0.5) is 0 Å². The fourth-order valence-electron chi connectivity index (χ4n) is 4.51. The Bertz CT molecular complexity index is 958. The smallest absolute Gasteiger partial charge is 0.267 e. The average molecular weight is 423 g/mol. The number of piperidine rings is 1. The quantitative estimate of drug-likeness (QED) is 0.803. The lowest BCUT2D eigenvalue weighted by molar-refractivity contribution is -0.133. The van der Waals surface area contributed by atoms with Crippen LogP contribution >= 0.6 is 0 Å². The Morgan fingerprint density at radius 2 is 1.65 bits per heavy atom. The highest BCUT2D eigenvalue weighted by atomic mass is 16.2. The number of hydrogen-bond donors (Lipinski definition) is 1. The third-order valence-corrected chi connectivity index (χ3v) is 6.39. The van der Waals surface area contributed by atoms with Gasteiger partial charge in [-0.1, -0.05) is 49.6 Å². The van der Waals surface area contributed by atoms with Gasteiger partial charge in [-0.3, -0.25) is 14.4 Å². The molecule has 1 aliphatic heterocycles. The van der Waals surface area contributed by atoms with Gasteiger partial charge < -0.3 is 10.2 Å². The summed E-state index contributed by atoms with van der Waals surface area (Å²) in [6, 6.07) is 12.8. The zero-order valence-electron chi connectivity index (χ0n) is 17.8. The van der Waals surface area contributed by atoms with Gasteiger partial charge in [-0.15, -0.1) is 0 Å². The van der Waals surface area contributed by atoms with E-state index in [0.29, 0.717) is 18.8 Å². The van der Waals surface area contributed by atoms with E-state index in [-0.39, 0.29) is 35.9 Å². The second-order valence-corrected chi connectivity index (χ2v) is 8.58. The Balaban J connectivity index is 1.31. The second-order valence-electron chi connectivity index (χ2n) is 8.58. The largest absolute Gasteiger partial charge is 0.353 e. The molecule has 7 nitrogen and oxygen atoms in total. The SMILES string of the molecule is O=C(NC1CCN(C(=O)Cn2nc(-c3ccccc3)ccc2=O)CC1)C1CCCCC1. The van der Waals surface area contributed by atoms with Gasteiger partial charge >= 0.3 is 0 Å². The van der Waals surface area contributed by atoms with E-state index in [2.05, 4.69) is 10.4 Å². The zero-order chi connectivity index (χ0) is 21.6. The predicted octanol–water partition coefficient (Wildman–Crippen LogP) is 2.60. The maximum Gasteiger partial charge on any atom is 0.267 e. The standard InChI is InChI=1S/C24H30N4O3/c29-22-12-11-21(18-7-3-1-4-8-18)26-28(22)17-23(30)27-15-13-20(14-16-27)25-24(31)19-9-5-2-6-10-19/h1,3-4,7-8,11-12,19-20H,2,5-6,9-10,13-17H2,(H,25,31). The van der Waals surface area contributed by atoms with Crippen molar-refractivity contribution >= 4 is 11.8 Å². The van der Waals surface area contributed by atoms with Crippen LogP contribution in [-0.2, 0) is 16.1 Å². The lowest BCUT2D eigenvalue weighted by Crippen LogP contribution is -2.49. The van der Waals surface area contributed by atoms with Crippen LogP contribution in [0.15, 0.2) is 47.3 Å². The van der Waals surface area contributed by atoms with Crippen LogP contribution in [0.5, 0.6) is 0 Å². The first kappa shape index (κ1) is 21.3. The molecule has 2 amide bonds. The number of likely N-dealkylation sites (tertiary alicyclic amines) is 1. The molecule has 1 aromatic carbocycles. The third kappa shape index (κ3) is 5.40. The first-order chi connectivity index (χ1) is 15.1. The Hall–Kier alpha value is -2.96.